The molecular formula is C16H26N2O2. The van der Waals surface area contributed by atoms with Gasteiger partial charge in [0.15, 0.2) is 0 Å². The Bertz CT molecular complexity index is 407. The van der Waals surface area contributed by atoms with Crippen LogP contribution < -0.4 is 15.8 Å². The van der Waals surface area contributed by atoms with Gasteiger partial charge in [0.25, 0.3) is 0 Å². The van der Waals surface area contributed by atoms with Crippen LogP contribution in [0.3, 0.4) is 0 Å². The number of nitrogens with two attached hydrogens (primary N) is 1. The molecule has 1 rings (SSSR count). The van der Waals surface area contributed by atoms with Crippen molar-refractivity contribution in [3.8, 4) is 5.75 Å². The van der Waals surface area contributed by atoms with Gasteiger partial charge < -0.3 is 15.8 Å². The number of nitrogens with one attached hydrogen (secondary N) is 1. The number of hydrogen-bond acceptors (Lipinski definition) is 3. The fraction of sp³-hybridized carbons (Fsp3) is 0.562. The molecule has 20 heavy (non-hydrogen) atoms. The predicted molar refractivity (Wildman–Crippen MR) is 81.7 cm³/mol. The number of carbonyl (C=O) groups excluding carboxylic acids is 1. The monoisotopic (exact) mass is 278 g/mol. The maximum Gasteiger partial charge on any atom is 0.220 e. The lowest BCUT2D eigenvalue weighted by Crippen LogP contribution is -2.26. The van der Waals surface area contributed by atoms with Crippen molar-refractivity contribution < 1.29 is 9.53 Å². The van der Waals surface area contributed by atoms with Gasteiger partial charge >= 0.3 is 0 Å². The van der Waals surface area contributed by atoms with E-state index in [9.17, 15) is 4.79 Å². The van der Waals surface area contributed by atoms with Crippen LogP contribution in [-0.4, -0.2) is 19.6 Å². The summed E-state index contributed by atoms with van der Waals surface area (Å²) in [4.78, 5) is 11.9. The van der Waals surface area contributed by atoms with E-state index in [1.807, 2.05) is 31.2 Å². The second-order valence-electron chi connectivity index (χ2n) is 4.98. The molecule has 1 aromatic carbocycles. The molecular weight excluding hydrogens is 252 g/mol. The Balaban J connectivity index is 2.37. The van der Waals surface area contributed by atoms with Gasteiger partial charge in [0, 0.05) is 12.0 Å². The van der Waals surface area contributed by atoms with Crippen LogP contribution in [0.4, 0.5) is 0 Å². The van der Waals surface area contributed by atoms with Crippen LogP contribution in [0.5, 0.6) is 5.75 Å². The van der Waals surface area contributed by atoms with Gasteiger partial charge in [-0.1, -0.05) is 31.0 Å². The summed E-state index contributed by atoms with van der Waals surface area (Å²) in [6.07, 6.45) is 4.70. The molecule has 0 fully saturated rings. The summed E-state index contributed by atoms with van der Waals surface area (Å²) in [5.74, 6) is 0.902. The van der Waals surface area contributed by atoms with Crippen molar-refractivity contribution in [2.75, 3.05) is 13.7 Å². The number of rotatable bonds is 9. The molecule has 0 saturated heterocycles. The van der Waals surface area contributed by atoms with Crippen LogP contribution in [0.1, 0.15) is 50.6 Å². The largest absolute Gasteiger partial charge is 0.496 e. The second-order valence-corrected chi connectivity index (χ2v) is 4.98. The number of amides is 1. The highest BCUT2D eigenvalue weighted by atomic mass is 16.5. The van der Waals surface area contributed by atoms with Crippen LogP contribution in [0.15, 0.2) is 24.3 Å². The summed E-state index contributed by atoms with van der Waals surface area (Å²) in [6.45, 7) is 2.71. The predicted octanol–water partition coefficient (Wildman–Crippen LogP) is 2.78. The standard InChI is InChI=1S/C16H26N2O2/c1-13(14-9-6-7-10-15(14)20-2)18-16(19)11-5-3-4-8-12-17/h6-7,9-10,13H,3-5,8,11-12,17H2,1-2H3,(H,18,19). The number of para-hydroxylation sites is 1. The third-order valence-electron chi connectivity index (χ3n) is 3.34. The first-order valence-electron chi connectivity index (χ1n) is 7.31. The molecule has 1 atom stereocenters. The fourth-order valence-electron chi connectivity index (χ4n) is 2.20. The first kappa shape index (κ1) is 16.5. The minimum atomic E-state index is -0.0392. The van der Waals surface area contributed by atoms with Gasteiger partial charge in [0.1, 0.15) is 5.75 Å². The lowest BCUT2D eigenvalue weighted by Gasteiger charge is -2.17. The van der Waals surface area contributed by atoms with E-state index >= 15 is 0 Å². The van der Waals surface area contributed by atoms with Gasteiger partial charge in [-0.3, -0.25) is 4.79 Å². The molecule has 3 N–H and O–H groups in total. The van der Waals surface area contributed by atoms with E-state index in [1.165, 1.54) is 0 Å². The highest BCUT2D eigenvalue weighted by molar-refractivity contribution is 5.76. The Morgan fingerprint density at radius 3 is 2.65 bits per heavy atom. The van der Waals surface area contributed by atoms with Gasteiger partial charge in [-0.25, -0.2) is 0 Å². The zero-order valence-corrected chi connectivity index (χ0v) is 12.5. The average molecular weight is 278 g/mol. The van der Waals surface area contributed by atoms with E-state index in [2.05, 4.69) is 5.32 Å². The third-order valence-corrected chi connectivity index (χ3v) is 3.34. The van der Waals surface area contributed by atoms with Crippen molar-refractivity contribution in [1.82, 2.24) is 5.32 Å². The number of carbonyl (C=O) groups is 1. The van der Waals surface area contributed by atoms with Gasteiger partial charge in [-0.15, -0.1) is 0 Å². The molecule has 112 valence electrons. The van der Waals surface area contributed by atoms with Crippen molar-refractivity contribution in [3.63, 3.8) is 0 Å². The number of unbranched alkanes of at least 4 members (excludes halogenated alkanes) is 3. The quantitative estimate of drug-likeness (QED) is 0.683. The van der Waals surface area contributed by atoms with E-state index in [0.29, 0.717) is 6.42 Å². The Morgan fingerprint density at radius 1 is 1.25 bits per heavy atom. The molecule has 1 aromatic rings. The number of ether oxygens (including phenoxy) is 1. The van der Waals surface area contributed by atoms with Crippen LogP contribution in [0, 0.1) is 0 Å². The molecule has 0 aliphatic heterocycles. The number of benzene rings is 1. The number of hydrogen-bond donors (Lipinski definition) is 2. The molecule has 1 unspecified atom stereocenters. The van der Waals surface area contributed by atoms with Crippen molar-refractivity contribution in [3.05, 3.63) is 29.8 Å². The van der Waals surface area contributed by atoms with Gasteiger partial charge in [-0.05, 0) is 32.4 Å². The summed E-state index contributed by atoms with van der Waals surface area (Å²) < 4.78 is 5.31. The van der Waals surface area contributed by atoms with Crippen LogP contribution in [-0.2, 0) is 4.79 Å². The molecule has 0 bridgehead atoms. The van der Waals surface area contributed by atoms with E-state index in [4.69, 9.17) is 10.5 Å². The van der Waals surface area contributed by atoms with E-state index in [1.54, 1.807) is 7.11 Å². The highest BCUT2D eigenvalue weighted by Gasteiger charge is 2.13. The van der Waals surface area contributed by atoms with Crippen LogP contribution in [0.25, 0.3) is 0 Å². The lowest BCUT2D eigenvalue weighted by molar-refractivity contribution is -0.121. The van der Waals surface area contributed by atoms with Crippen molar-refractivity contribution in [2.24, 2.45) is 5.73 Å². The molecule has 0 saturated carbocycles. The Kier molecular flexibility index (Phi) is 7.73. The summed E-state index contributed by atoms with van der Waals surface area (Å²) in [5.41, 5.74) is 6.44. The zero-order valence-electron chi connectivity index (χ0n) is 12.5. The maximum absolute atomic E-state index is 11.9. The second kappa shape index (κ2) is 9.37. The highest BCUT2D eigenvalue weighted by Crippen LogP contribution is 2.24. The zero-order chi connectivity index (χ0) is 14.8. The molecule has 0 aliphatic rings. The Labute approximate surface area is 121 Å². The molecule has 0 radical (unpaired) electrons. The SMILES string of the molecule is COc1ccccc1C(C)NC(=O)CCCCCCN. The van der Waals surface area contributed by atoms with Crippen LogP contribution >= 0.6 is 0 Å². The summed E-state index contributed by atoms with van der Waals surface area (Å²) in [5, 5.41) is 3.02. The molecule has 0 aliphatic carbocycles. The first-order valence-corrected chi connectivity index (χ1v) is 7.31. The first-order chi connectivity index (χ1) is 9.69. The van der Waals surface area contributed by atoms with Gasteiger partial charge in [0.2, 0.25) is 5.91 Å². The van der Waals surface area contributed by atoms with Crippen LogP contribution in [0.2, 0.25) is 0 Å². The van der Waals surface area contributed by atoms with Crippen molar-refractivity contribution in [1.29, 1.82) is 0 Å². The fourth-order valence-corrected chi connectivity index (χ4v) is 2.20. The molecule has 4 nitrogen and oxygen atoms in total. The summed E-state index contributed by atoms with van der Waals surface area (Å²) >= 11 is 0. The number of methoxy groups -OCH3 is 1. The molecule has 0 heterocycles. The average Bonchev–Trinajstić information content (AvgIpc) is 2.46. The van der Waals surface area contributed by atoms with E-state index in [-0.39, 0.29) is 11.9 Å². The Morgan fingerprint density at radius 2 is 1.95 bits per heavy atom. The van der Waals surface area contributed by atoms with E-state index in [0.717, 1.165) is 43.5 Å². The third kappa shape index (κ3) is 5.61. The minimum Gasteiger partial charge on any atom is -0.496 e. The molecule has 0 spiro atoms. The summed E-state index contributed by atoms with van der Waals surface area (Å²) in [6, 6.07) is 7.72. The summed E-state index contributed by atoms with van der Waals surface area (Å²) in [7, 11) is 1.64. The minimum absolute atomic E-state index is 0.0392. The maximum atomic E-state index is 11.9. The normalized spacial score (nSPS) is 11.9. The van der Waals surface area contributed by atoms with Gasteiger partial charge in [0.05, 0.1) is 13.2 Å². The molecule has 1 amide bonds. The topological polar surface area (TPSA) is 64.3 Å². The smallest absolute Gasteiger partial charge is 0.220 e. The van der Waals surface area contributed by atoms with E-state index < -0.39 is 0 Å². The van der Waals surface area contributed by atoms with Gasteiger partial charge in [-0.2, -0.15) is 0 Å². The Hall–Kier alpha value is -1.55. The molecule has 0 aromatic heterocycles. The lowest BCUT2D eigenvalue weighted by atomic mass is 10.1. The molecule has 4 heteroatoms. The van der Waals surface area contributed by atoms with Crippen molar-refractivity contribution in [2.45, 2.75) is 45.1 Å². The van der Waals surface area contributed by atoms with Crippen molar-refractivity contribution >= 4 is 5.91 Å².